The van der Waals surface area contributed by atoms with E-state index in [-0.39, 0.29) is 17.3 Å². The van der Waals surface area contributed by atoms with Gasteiger partial charge in [-0.1, -0.05) is 19.3 Å². The molecule has 0 radical (unpaired) electrons. The van der Waals surface area contributed by atoms with E-state index in [1.165, 1.54) is 6.26 Å². The lowest BCUT2D eigenvalue weighted by Gasteiger charge is -2.30. The molecule has 92 valence electrons. The summed E-state index contributed by atoms with van der Waals surface area (Å²) in [6.07, 6.45) is 11.1. The highest BCUT2D eigenvalue weighted by atomic mass is 32.2. The minimum Gasteiger partial charge on any atom is -0.301 e. The highest BCUT2D eigenvalue weighted by molar-refractivity contribution is 7.91. The Hall–Kier alpha value is -0.530. The summed E-state index contributed by atoms with van der Waals surface area (Å²) < 4.78 is 23.0. The number of hydrogen-bond donors (Lipinski definition) is 1. The maximum atomic E-state index is 11.5. The first-order valence-corrected chi connectivity index (χ1v) is 7.83. The van der Waals surface area contributed by atoms with Crippen LogP contribution in [0.2, 0.25) is 0 Å². The van der Waals surface area contributed by atoms with Crippen LogP contribution in [0, 0.1) is 12.3 Å². The fraction of sp³-hybridized carbons (Fsp3) is 0.833. The Morgan fingerprint density at radius 3 is 2.69 bits per heavy atom. The summed E-state index contributed by atoms with van der Waals surface area (Å²) in [6.45, 7) is 2.04. The molecule has 0 saturated heterocycles. The van der Waals surface area contributed by atoms with Crippen LogP contribution >= 0.6 is 0 Å². The fourth-order valence-electron chi connectivity index (χ4n) is 2.25. The second-order valence-corrected chi connectivity index (χ2v) is 6.93. The molecular formula is C12H21NO2S. The second-order valence-electron chi connectivity index (χ2n) is 4.61. The lowest BCUT2D eigenvalue weighted by molar-refractivity contribution is 0.355. The summed E-state index contributed by atoms with van der Waals surface area (Å²) in [6, 6.07) is 0.331. The van der Waals surface area contributed by atoms with Crippen molar-refractivity contribution in [2.45, 2.75) is 56.4 Å². The predicted octanol–water partition coefficient (Wildman–Crippen LogP) is 1.34. The zero-order chi connectivity index (χ0) is 12.2. The van der Waals surface area contributed by atoms with Gasteiger partial charge in [-0.3, -0.25) is 0 Å². The van der Waals surface area contributed by atoms with Crippen molar-refractivity contribution in [1.29, 1.82) is 0 Å². The van der Waals surface area contributed by atoms with E-state index in [2.05, 4.69) is 11.2 Å². The smallest absolute Gasteiger partial charge is 0.150 e. The largest absolute Gasteiger partial charge is 0.301 e. The van der Waals surface area contributed by atoms with E-state index >= 15 is 0 Å². The van der Waals surface area contributed by atoms with Crippen molar-refractivity contribution in [3.63, 3.8) is 0 Å². The van der Waals surface area contributed by atoms with Crippen molar-refractivity contribution in [1.82, 2.24) is 5.32 Å². The molecule has 0 amide bonds. The average molecular weight is 243 g/mol. The van der Waals surface area contributed by atoms with Crippen molar-refractivity contribution in [2.75, 3.05) is 6.26 Å². The molecule has 1 aliphatic carbocycles. The van der Waals surface area contributed by atoms with E-state index in [0.717, 1.165) is 25.7 Å². The molecule has 1 saturated carbocycles. The first-order valence-electron chi connectivity index (χ1n) is 5.88. The summed E-state index contributed by atoms with van der Waals surface area (Å²) in [5.74, 6) is 2.69. The lowest BCUT2D eigenvalue weighted by atomic mass is 9.94. The number of hydrogen-bond acceptors (Lipinski definition) is 3. The van der Waals surface area contributed by atoms with Gasteiger partial charge in [-0.05, 0) is 25.7 Å². The molecule has 3 atom stereocenters. The molecule has 3 unspecified atom stereocenters. The minimum atomic E-state index is -2.90. The van der Waals surface area contributed by atoms with Gasteiger partial charge in [-0.25, -0.2) is 8.42 Å². The number of rotatable bonds is 4. The van der Waals surface area contributed by atoms with Crippen molar-refractivity contribution < 1.29 is 8.42 Å². The molecule has 0 heterocycles. The van der Waals surface area contributed by atoms with Gasteiger partial charge in [0.15, 0.2) is 0 Å². The van der Waals surface area contributed by atoms with Crippen LogP contribution in [0.4, 0.5) is 0 Å². The Bertz CT molecular complexity index is 356. The van der Waals surface area contributed by atoms with Gasteiger partial charge in [0, 0.05) is 12.3 Å². The van der Waals surface area contributed by atoms with E-state index in [0.29, 0.717) is 6.42 Å². The summed E-state index contributed by atoms with van der Waals surface area (Å²) in [4.78, 5) is 0. The highest BCUT2D eigenvalue weighted by Gasteiger charge is 2.29. The van der Waals surface area contributed by atoms with E-state index in [1.807, 2.05) is 6.92 Å². The van der Waals surface area contributed by atoms with Crippen LogP contribution in [0.3, 0.4) is 0 Å². The van der Waals surface area contributed by atoms with Crippen LogP contribution in [0.25, 0.3) is 0 Å². The molecular weight excluding hydrogens is 222 g/mol. The van der Waals surface area contributed by atoms with Crippen LogP contribution < -0.4 is 5.32 Å². The van der Waals surface area contributed by atoms with Gasteiger partial charge in [0.25, 0.3) is 0 Å². The van der Waals surface area contributed by atoms with Gasteiger partial charge < -0.3 is 5.32 Å². The molecule has 3 nitrogen and oxygen atoms in total. The van der Waals surface area contributed by atoms with Crippen molar-refractivity contribution >= 4 is 9.84 Å². The molecule has 0 aliphatic heterocycles. The van der Waals surface area contributed by atoms with Gasteiger partial charge in [0.2, 0.25) is 0 Å². The van der Waals surface area contributed by atoms with Crippen molar-refractivity contribution in [2.24, 2.45) is 0 Å². The Labute approximate surface area is 98.9 Å². The van der Waals surface area contributed by atoms with E-state index in [9.17, 15) is 8.42 Å². The molecule has 0 aromatic carbocycles. The predicted molar refractivity (Wildman–Crippen MR) is 66.9 cm³/mol. The first kappa shape index (κ1) is 13.5. The Kier molecular flexibility index (Phi) is 4.82. The number of terminal acetylenes is 1. The molecule has 0 aromatic heterocycles. The summed E-state index contributed by atoms with van der Waals surface area (Å²) >= 11 is 0. The zero-order valence-corrected chi connectivity index (χ0v) is 10.9. The van der Waals surface area contributed by atoms with E-state index in [4.69, 9.17) is 6.42 Å². The normalized spacial score (nSPS) is 28.3. The Balaban J connectivity index is 2.55. The van der Waals surface area contributed by atoms with Gasteiger partial charge in [-0.2, -0.15) is 0 Å². The van der Waals surface area contributed by atoms with Crippen molar-refractivity contribution in [3.8, 4) is 12.3 Å². The summed E-state index contributed by atoms with van der Waals surface area (Å²) in [5.41, 5.74) is 0. The van der Waals surface area contributed by atoms with Crippen LogP contribution in [0.5, 0.6) is 0 Å². The Morgan fingerprint density at radius 2 is 2.19 bits per heavy atom. The van der Waals surface area contributed by atoms with E-state index < -0.39 is 9.84 Å². The number of nitrogens with one attached hydrogen (secondary N) is 1. The van der Waals surface area contributed by atoms with Crippen LogP contribution in [-0.4, -0.2) is 32.0 Å². The third-order valence-electron chi connectivity index (χ3n) is 3.28. The van der Waals surface area contributed by atoms with Crippen molar-refractivity contribution in [3.05, 3.63) is 0 Å². The molecule has 1 rings (SSSR count). The fourth-order valence-corrected chi connectivity index (χ4v) is 3.43. The summed E-state index contributed by atoms with van der Waals surface area (Å²) in [7, 11) is -2.90. The van der Waals surface area contributed by atoms with Gasteiger partial charge in [0.1, 0.15) is 9.84 Å². The quantitative estimate of drug-likeness (QED) is 0.758. The first-order chi connectivity index (χ1) is 7.47. The summed E-state index contributed by atoms with van der Waals surface area (Å²) in [5, 5.41) is 3.17. The molecule has 1 N–H and O–H groups in total. The zero-order valence-electron chi connectivity index (χ0n) is 10.1. The SMILES string of the molecule is C#CC(CC)NC1CCCC(S(C)(=O)=O)C1. The Morgan fingerprint density at radius 1 is 1.50 bits per heavy atom. The van der Waals surface area contributed by atoms with E-state index in [1.54, 1.807) is 0 Å². The molecule has 1 fully saturated rings. The lowest BCUT2D eigenvalue weighted by Crippen LogP contribution is -2.43. The number of sulfone groups is 1. The molecule has 0 bridgehead atoms. The maximum absolute atomic E-state index is 11.5. The van der Waals surface area contributed by atoms with Gasteiger partial charge in [-0.15, -0.1) is 6.42 Å². The maximum Gasteiger partial charge on any atom is 0.150 e. The van der Waals surface area contributed by atoms with Crippen LogP contribution in [-0.2, 0) is 9.84 Å². The molecule has 0 spiro atoms. The monoisotopic (exact) mass is 243 g/mol. The third-order valence-corrected chi connectivity index (χ3v) is 4.92. The van der Waals surface area contributed by atoms with Crippen LogP contribution in [0.1, 0.15) is 39.0 Å². The third kappa shape index (κ3) is 3.80. The highest BCUT2D eigenvalue weighted by Crippen LogP contribution is 2.24. The second kappa shape index (κ2) is 5.70. The molecule has 0 aromatic rings. The molecule has 16 heavy (non-hydrogen) atoms. The molecule has 4 heteroatoms. The topological polar surface area (TPSA) is 46.2 Å². The minimum absolute atomic E-state index is 0.0725. The van der Waals surface area contributed by atoms with Gasteiger partial charge >= 0.3 is 0 Å². The standard InChI is InChI=1S/C12H21NO2S/c1-4-10(5-2)13-11-7-6-8-12(9-11)16(3,14)15/h1,10-13H,5-9H2,2-3H3. The van der Waals surface area contributed by atoms with Gasteiger partial charge in [0.05, 0.1) is 11.3 Å². The average Bonchev–Trinajstić information content (AvgIpc) is 2.25. The van der Waals surface area contributed by atoms with Crippen LogP contribution in [0.15, 0.2) is 0 Å². The molecule has 1 aliphatic rings.